The van der Waals surface area contributed by atoms with Crippen LogP contribution in [-0.2, 0) is 0 Å². The van der Waals surface area contributed by atoms with E-state index in [9.17, 15) is 13.6 Å². The zero-order chi connectivity index (χ0) is 14.0. The predicted molar refractivity (Wildman–Crippen MR) is 70.5 cm³/mol. The van der Waals surface area contributed by atoms with Gasteiger partial charge in [-0.15, -0.1) is 0 Å². The topological polar surface area (TPSA) is 26.3 Å². The van der Waals surface area contributed by atoms with Gasteiger partial charge < -0.3 is 4.74 Å². The van der Waals surface area contributed by atoms with Gasteiger partial charge in [0.1, 0.15) is 17.4 Å². The van der Waals surface area contributed by atoms with E-state index in [-0.39, 0.29) is 11.1 Å². The number of benzene rings is 2. The summed E-state index contributed by atoms with van der Waals surface area (Å²) in [6.45, 7) is 0. The van der Waals surface area contributed by atoms with Crippen molar-refractivity contribution in [3.05, 3.63) is 63.6 Å². The van der Waals surface area contributed by atoms with Crippen molar-refractivity contribution in [2.75, 3.05) is 7.11 Å². The van der Waals surface area contributed by atoms with Gasteiger partial charge in [0, 0.05) is 21.7 Å². The Bertz CT molecular complexity index is 621. The monoisotopic (exact) mass is 326 g/mol. The highest BCUT2D eigenvalue weighted by Crippen LogP contribution is 2.25. The normalized spacial score (nSPS) is 10.3. The molecule has 0 aromatic heterocycles. The van der Waals surface area contributed by atoms with Crippen molar-refractivity contribution in [2.24, 2.45) is 0 Å². The molecule has 0 heterocycles. The maximum Gasteiger partial charge on any atom is 0.194 e. The Labute approximate surface area is 117 Å². The molecule has 19 heavy (non-hydrogen) atoms. The summed E-state index contributed by atoms with van der Waals surface area (Å²) in [5.74, 6) is -1.57. The molecule has 0 radical (unpaired) electrons. The average molecular weight is 327 g/mol. The van der Waals surface area contributed by atoms with Crippen molar-refractivity contribution in [1.82, 2.24) is 0 Å². The highest BCUT2D eigenvalue weighted by Gasteiger charge is 2.15. The molecule has 0 bridgehead atoms. The van der Waals surface area contributed by atoms with Crippen LogP contribution in [0.3, 0.4) is 0 Å². The number of rotatable bonds is 3. The number of ketones is 1. The van der Waals surface area contributed by atoms with E-state index < -0.39 is 17.4 Å². The molecule has 0 saturated carbocycles. The molecule has 2 nitrogen and oxygen atoms in total. The molecule has 0 spiro atoms. The summed E-state index contributed by atoms with van der Waals surface area (Å²) in [5, 5.41) is 0. The molecular weight excluding hydrogens is 318 g/mol. The smallest absolute Gasteiger partial charge is 0.194 e. The summed E-state index contributed by atoms with van der Waals surface area (Å²) >= 11 is 3.23. The molecule has 2 rings (SSSR count). The molecule has 0 saturated heterocycles. The summed E-state index contributed by atoms with van der Waals surface area (Å²) in [6, 6.07) is 7.54. The van der Waals surface area contributed by atoms with Crippen molar-refractivity contribution in [3.63, 3.8) is 0 Å². The van der Waals surface area contributed by atoms with Crippen LogP contribution in [-0.4, -0.2) is 12.9 Å². The highest BCUT2D eigenvalue weighted by atomic mass is 79.9. The van der Waals surface area contributed by atoms with E-state index in [0.29, 0.717) is 10.2 Å². The van der Waals surface area contributed by atoms with Crippen LogP contribution in [0.4, 0.5) is 8.78 Å². The lowest BCUT2D eigenvalue weighted by atomic mass is 10.0. The molecule has 0 aliphatic carbocycles. The second-order valence-electron chi connectivity index (χ2n) is 3.83. The van der Waals surface area contributed by atoms with Crippen molar-refractivity contribution in [2.45, 2.75) is 0 Å². The highest BCUT2D eigenvalue weighted by molar-refractivity contribution is 9.10. The first kappa shape index (κ1) is 13.7. The third-order valence-electron chi connectivity index (χ3n) is 2.54. The van der Waals surface area contributed by atoms with Crippen LogP contribution in [0.15, 0.2) is 40.9 Å². The van der Waals surface area contributed by atoms with Crippen LogP contribution in [0.5, 0.6) is 5.75 Å². The Kier molecular flexibility index (Phi) is 3.95. The van der Waals surface area contributed by atoms with Gasteiger partial charge in [0.05, 0.1) is 7.11 Å². The van der Waals surface area contributed by atoms with Crippen molar-refractivity contribution < 1.29 is 18.3 Å². The number of hydrogen-bond acceptors (Lipinski definition) is 2. The van der Waals surface area contributed by atoms with Gasteiger partial charge in [-0.1, -0.05) is 15.9 Å². The van der Waals surface area contributed by atoms with E-state index in [1.807, 2.05) is 0 Å². The Morgan fingerprint density at radius 1 is 1.11 bits per heavy atom. The lowest BCUT2D eigenvalue weighted by molar-refractivity contribution is 0.103. The van der Waals surface area contributed by atoms with Crippen LogP contribution < -0.4 is 4.74 Å². The Morgan fingerprint density at radius 3 is 2.32 bits per heavy atom. The predicted octanol–water partition coefficient (Wildman–Crippen LogP) is 3.97. The van der Waals surface area contributed by atoms with Crippen LogP contribution in [0.1, 0.15) is 15.9 Å². The summed E-state index contributed by atoms with van der Waals surface area (Å²) < 4.78 is 31.8. The van der Waals surface area contributed by atoms with Gasteiger partial charge in [-0.05, 0) is 30.3 Å². The molecule has 0 atom stereocenters. The largest absolute Gasteiger partial charge is 0.497 e. The van der Waals surface area contributed by atoms with Crippen LogP contribution in [0, 0.1) is 11.6 Å². The lowest BCUT2D eigenvalue weighted by Gasteiger charge is -2.07. The summed E-state index contributed by atoms with van der Waals surface area (Å²) in [4.78, 5) is 12.2. The second-order valence-corrected chi connectivity index (χ2v) is 4.69. The van der Waals surface area contributed by atoms with Gasteiger partial charge in [0.2, 0.25) is 0 Å². The van der Waals surface area contributed by atoms with Crippen LogP contribution in [0.2, 0.25) is 0 Å². The molecule has 0 fully saturated rings. The zero-order valence-corrected chi connectivity index (χ0v) is 11.5. The lowest BCUT2D eigenvalue weighted by Crippen LogP contribution is -2.04. The van der Waals surface area contributed by atoms with Crippen molar-refractivity contribution in [3.8, 4) is 5.75 Å². The molecule has 98 valence electrons. The second kappa shape index (κ2) is 5.48. The Balaban J connectivity index is 2.49. The van der Waals surface area contributed by atoms with E-state index in [1.54, 1.807) is 12.1 Å². The minimum Gasteiger partial charge on any atom is -0.497 e. The van der Waals surface area contributed by atoms with E-state index in [4.69, 9.17) is 4.74 Å². The van der Waals surface area contributed by atoms with Gasteiger partial charge in [-0.2, -0.15) is 0 Å². The molecule has 0 aliphatic rings. The fraction of sp³-hybridized carbons (Fsp3) is 0.0714. The zero-order valence-electron chi connectivity index (χ0n) is 9.91. The van der Waals surface area contributed by atoms with Crippen molar-refractivity contribution in [1.29, 1.82) is 0 Å². The number of methoxy groups -OCH3 is 1. The van der Waals surface area contributed by atoms with Crippen molar-refractivity contribution >= 4 is 21.7 Å². The number of carbonyl (C=O) groups excluding carboxylic acids is 1. The molecule has 5 heteroatoms. The van der Waals surface area contributed by atoms with Gasteiger partial charge >= 0.3 is 0 Å². The molecular formula is C14H9BrF2O2. The molecule has 2 aromatic carbocycles. The minimum absolute atomic E-state index is 0.0496. The SMILES string of the molecule is COc1ccc(Br)c(C(=O)c2cc(F)cc(F)c2)c1. The Morgan fingerprint density at radius 2 is 1.74 bits per heavy atom. The molecule has 2 aromatic rings. The molecule has 0 aliphatic heterocycles. The maximum atomic E-state index is 13.1. The van der Waals surface area contributed by atoms with Gasteiger partial charge in [-0.25, -0.2) is 8.78 Å². The van der Waals surface area contributed by atoms with E-state index >= 15 is 0 Å². The van der Waals surface area contributed by atoms with E-state index in [2.05, 4.69) is 15.9 Å². The van der Waals surface area contributed by atoms with Crippen LogP contribution >= 0.6 is 15.9 Å². The fourth-order valence-corrected chi connectivity index (χ4v) is 2.07. The molecule has 0 unspecified atom stereocenters. The average Bonchev–Trinajstić information content (AvgIpc) is 2.37. The minimum atomic E-state index is -0.789. The summed E-state index contributed by atoms with van der Waals surface area (Å²) in [7, 11) is 1.47. The number of ether oxygens (including phenoxy) is 1. The molecule has 0 N–H and O–H groups in total. The van der Waals surface area contributed by atoms with E-state index in [1.165, 1.54) is 13.2 Å². The molecule has 0 amide bonds. The third-order valence-corrected chi connectivity index (χ3v) is 3.23. The third kappa shape index (κ3) is 2.98. The summed E-state index contributed by atoms with van der Waals surface area (Å²) in [6.07, 6.45) is 0. The number of hydrogen-bond donors (Lipinski definition) is 0. The summed E-state index contributed by atoms with van der Waals surface area (Å²) in [5.41, 5.74) is 0.232. The first-order valence-electron chi connectivity index (χ1n) is 5.35. The van der Waals surface area contributed by atoms with Gasteiger partial charge in [-0.3, -0.25) is 4.79 Å². The maximum absolute atomic E-state index is 13.1. The first-order valence-corrected chi connectivity index (χ1v) is 6.15. The Hall–Kier alpha value is -1.75. The quantitative estimate of drug-likeness (QED) is 0.798. The van der Waals surface area contributed by atoms with E-state index in [0.717, 1.165) is 18.2 Å². The van der Waals surface area contributed by atoms with Crippen LogP contribution in [0.25, 0.3) is 0 Å². The first-order chi connectivity index (χ1) is 9.01. The fourth-order valence-electron chi connectivity index (χ4n) is 1.65. The number of halogens is 3. The standard InChI is InChI=1S/C14H9BrF2O2/c1-19-11-2-3-13(15)12(7-11)14(18)8-4-9(16)6-10(17)5-8/h2-7H,1H3. The number of carbonyl (C=O) groups is 1. The van der Waals surface area contributed by atoms with Gasteiger partial charge in [0.25, 0.3) is 0 Å². The van der Waals surface area contributed by atoms with Gasteiger partial charge in [0.15, 0.2) is 5.78 Å².